The van der Waals surface area contributed by atoms with Crippen LogP contribution in [-0.2, 0) is 11.2 Å². The maximum absolute atomic E-state index is 13.7. The molecule has 10 heteroatoms. The molecule has 2 amide bonds. The Labute approximate surface area is 263 Å². The number of aryl methyl sites for hydroxylation is 1. The van der Waals surface area contributed by atoms with E-state index in [1.54, 1.807) is 0 Å². The number of alkyl halides is 2. The number of unbranched alkanes of at least 4 members (excludes halogenated alkanes) is 1. The topological polar surface area (TPSA) is 90.9 Å². The van der Waals surface area contributed by atoms with Crippen molar-refractivity contribution < 1.29 is 62.5 Å². The van der Waals surface area contributed by atoms with Gasteiger partial charge in [0.05, 0.1) is 30.8 Å². The minimum atomic E-state index is -3.16. The second kappa shape index (κ2) is 14.2. The SMILES string of the molecule is CCOc1cc([C@@H](C)N(CCCCc2ccccc2)C(=O)NC2(C(=O)[O-])CC(F)(F)C2)cc(OCC)c1C1CC1.[Na+]. The maximum Gasteiger partial charge on any atom is 1.00 e. The molecule has 2 saturated carbocycles. The molecule has 0 aliphatic heterocycles. The monoisotopic (exact) mass is 580 g/mol. The Morgan fingerprint density at radius 1 is 1.05 bits per heavy atom. The summed E-state index contributed by atoms with van der Waals surface area (Å²) in [6, 6.07) is 12.6. The predicted molar refractivity (Wildman–Crippen MR) is 146 cm³/mol. The molecule has 2 aromatic rings. The molecule has 2 aliphatic carbocycles. The van der Waals surface area contributed by atoms with Crippen LogP contribution in [0.25, 0.3) is 0 Å². The van der Waals surface area contributed by atoms with Gasteiger partial charge in [0.15, 0.2) is 0 Å². The van der Waals surface area contributed by atoms with E-state index in [-0.39, 0.29) is 29.6 Å². The van der Waals surface area contributed by atoms with E-state index in [0.29, 0.717) is 43.6 Å². The molecule has 1 N–H and O–H groups in total. The Bertz CT molecular complexity index is 1160. The van der Waals surface area contributed by atoms with Crippen LogP contribution >= 0.6 is 0 Å². The molecule has 2 aliphatic rings. The number of carboxylic acid groups (broad SMARTS) is 1. The number of amides is 2. The Hall–Kier alpha value is -2.36. The van der Waals surface area contributed by atoms with Gasteiger partial charge < -0.3 is 29.6 Å². The minimum absolute atomic E-state index is 0. The van der Waals surface area contributed by atoms with E-state index >= 15 is 0 Å². The Kier molecular flexibility index (Phi) is 11.5. The summed E-state index contributed by atoms with van der Waals surface area (Å²) < 4.78 is 39.5. The smallest absolute Gasteiger partial charge is 0.548 e. The number of rotatable bonds is 14. The molecule has 0 saturated heterocycles. The van der Waals surface area contributed by atoms with Crippen LogP contribution in [0.2, 0.25) is 0 Å². The summed E-state index contributed by atoms with van der Waals surface area (Å²) in [5.41, 5.74) is 0.880. The van der Waals surface area contributed by atoms with Gasteiger partial charge in [-0.2, -0.15) is 0 Å². The normalized spacial score (nSPS) is 17.4. The fourth-order valence-corrected chi connectivity index (χ4v) is 5.49. The van der Waals surface area contributed by atoms with Crippen LogP contribution < -0.4 is 49.5 Å². The molecule has 218 valence electrons. The number of hydrogen-bond donors (Lipinski definition) is 1. The summed E-state index contributed by atoms with van der Waals surface area (Å²) in [6.45, 7) is 6.90. The van der Waals surface area contributed by atoms with Crippen molar-refractivity contribution in [2.75, 3.05) is 19.8 Å². The van der Waals surface area contributed by atoms with Gasteiger partial charge in [0.2, 0.25) is 0 Å². The summed E-state index contributed by atoms with van der Waals surface area (Å²) in [7, 11) is 0. The van der Waals surface area contributed by atoms with Crippen molar-refractivity contribution in [3.05, 3.63) is 59.2 Å². The first-order valence-electron chi connectivity index (χ1n) is 14.2. The molecular weight excluding hydrogens is 541 g/mol. The molecule has 1 atom stereocenters. The number of carbonyl (C=O) groups is 2. The number of benzene rings is 2. The Morgan fingerprint density at radius 2 is 1.63 bits per heavy atom. The zero-order valence-corrected chi connectivity index (χ0v) is 26.5. The fourth-order valence-electron chi connectivity index (χ4n) is 5.49. The zero-order chi connectivity index (χ0) is 28.9. The van der Waals surface area contributed by atoms with Crippen LogP contribution in [0.1, 0.15) is 87.9 Å². The van der Waals surface area contributed by atoms with E-state index in [1.807, 2.05) is 63.2 Å². The minimum Gasteiger partial charge on any atom is -0.548 e. The molecule has 0 unspecified atom stereocenters. The number of halogens is 2. The van der Waals surface area contributed by atoms with Crippen molar-refractivity contribution in [1.29, 1.82) is 0 Å². The van der Waals surface area contributed by atoms with Gasteiger partial charge in [0.25, 0.3) is 5.92 Å². The molecule has 2 fully saturated rings. The number of carbonyl (C=O) groups excluding carboxylic acids is 2. The van der Waals surface area contributed by atoms with Crippen LogP contribution in [0, 0.1) is 0 Å². The number of aliphatic carboxylic acids is 1. The fraction of sp³-hybridized carbons (Fsp3) is 0.548. The van der Waals surface area contributed by atoms with Crippen LogP contribution in [0.5, 0.6) is 11.5 Å². The first-order chi connectivity index (χ1) is 19.1. The predicted octanol–water partition coefficient (Wildman–Crippen LogP) is 2.38. The van der Waals surface area contributed by atoms with E-state index < -0.39 is 42.3 Å². The number of carboxylic acids is 1. The Balaban J connectivity index is 0.00000462. The van der Waals surface area contributed by atoms with Crippen molar-refractivity contribution in [2.24, 2.45) is 0 Å². The van der Waals surface area contributed by atoms with Crippen LogP contribution in [0.3, 0.4) is 0 Å². The van der Waals surface area contributed by atoms with E-state index in [0.717, 1.165) is 36.8 Å². The van der Waals surface area contributed by atoms with Crippen molar-refractivity contribution in [1.82, 2.24) is 10.2 Å². The molecule has 0 radical (unpaired) electrons. The van der Waals surface area contributed by atoms with E-state index in [1.165, 1.54) is 10.5 Å². The van der Waals surface area contributed by atoms with Gasteiger partial charge in [-0.25, -0.2) is 13.6 Å². The molecular formula is C31H39F2N2NaO5. The third-order valence-electron chi connectivity index (χ3n) is 7.74. The number of nitrogens with zero attached hydrogens (tertiary/aromatic N) is 1. The first kappa shape index (κ1) is 33.1. The van der Waals surface area contributed by atoms with Crippen LogP contribution in [0.15, 0.2) is 42.5 Å². The number of ether oxygens (including phenoxy) is 2. The molecule has 0 bridgehead atoms. The molecule has 0 aromatic heterocycles. The number of urea groups is 1. The summed E-state index contributed by atoms with van der Waals surface area (Å²) in [5, 5.41) is 14.2. The van der Waals surface area contributed by atoms with Crippen molar-refractivity contribution in [3.63, 3.8) is 0 Å². The van der Waals surface area contributed by atoms with Crippen molar-refractivity contribution >= 4 is 12.0 Å². The summed E-state index contributed by atoms with van der Waals surface area (Å²) in [6.07, 6.45) is 2.39. The first-order valence-corrected chi connectivity index (χ1v) is 14.2. The van der Waals surface area contributed by atoms with Gasteiger partial charge in [-0.15, -0.1) is 0 Å². The molecule has 4 rings (SSSR count). The molecule has 41 heavy (non-hydrogen) atoms. The second-order valence-electron chi connectivity index (χ2n) is 10.9. The van der Waals surface area contributed by atoms with Crippen molar-refractivity contribution in [2.45, 2.75) is 89.1 Å². The zero-order valence-electron chi connectivity index (χ0n) is 24.5. The van der Waals surface area contributed by atoms with Gasteiger partial charge in [0.1, 0.15) is 11.5 Å². The second-order valence-corrected chi connectivity index (χ2v) is 10.9. The van der Waals surface area contributed by atoms with Crippen LogP contribution in [0.4, 0.5) is 13.6 Å². The number of nitrogens with one attached hydrogen (secondary N) is 1. The molecule has 7 nitrogen and oxygen atoms in total. The average Bonchev–Trinajstić information content (AvgIpc) is 3.73. The van der Waals surface area contributed by atoms with Gasteiger partial charge in [-0.05, 0) is 82.1 Å². The summed E-state index contributed by atoms with van der Waals surface area (Å²) in [4.78, 5) is 26.9. The van der Waals surface area contributed by atoms with E-state index in [2.05, 4.69) is 5.32 Å². The average molecular weight is 581 g/mol. The maximum atomic E-state index is 13.7. The molecule has 0 heterocycles. The molecule has 0 spiro atoms. The van der Waals surface area contributed by atoms with Gasteiger partial charge in [-0.1, -0.05) is 30.3 Å². The summed E-state index contributed by atoms with van der Waals surface area (Å²) in [5.74, 6) is -3.06. The Morgan fingerprint density at radius 3 is 2.12 bits per heavy atom. The van der Waals surface area contributed by atoms with Crippen LogP contribution in [-0.4, -0.2) is 48.1 Å². The number of hydrogen-bond acceptors (Lipinski definition) is 5. The van der Waals surface area contributed by atoms with Gasteiger partial charge in [-0.3, -0.25) is 0 Å². The van der Waals surface area contributed by atoms with Gasteiger partial charge >= 0.3 is 35.6 Å². The third-order valence-corrected chi connectivity index (χ3v) is 7.74. The third kappa shape index (κ3) is 8.14. The van der Waals surface area contributed by atoms with E-state index in [9.17, 15) is 23.5 Å². The summed E-state index contributed by atoms with van der Waals surface area (Å²) >= 11 is 0. The van der Waals surface area contributed by atoms with Gasteiger partial charge in [0, 0.05) is 24.9 Å². The van der Waals surface area contributed by atoms with E-state index in [4.69, 9.17) is 9.47 Å². The standard InChI is InChI=1S/C31H40F2N2O5.Na/c1-4-39-25-17-24(18-26(40-5-2)27(25)23-14-15-23)21(3)35(16-10-9-13-22-11-7-6-8-12-22)29(38)34-30(28(36)37)19-31(32,33)20-30;/h6-8,11-12,17-18,21,23H,4-5,9-10,13-16,19-20H2,1-3H3,(H,34,38)(H,36,37);/q;+1/p-1/t21-;/m1./s1. The quantitative estimate of drug-likeness (QED) is 0.274. The largest absolute Gasteiger partial charge is 1.00 e. The molecule has 2 aromatic carbocycles. The van der Waals surface area contributed by atoms with Crippen molar-refractivity contribution in [3.8, 4) is 11.5 Å².